The van der Waals surface area contributed by atoms with Crippen molar-refractivity contribution in [2.24, 2.45) is 5.73 Å². The number of rotatable bonds is 8. The van der Waals surface area contributed by atoms with Gasteiger partial charge in [0.2, 0.25) is 0 Å². The summed E-state index contributed by atoms with van der Waals surface area (Å²) in [4.78, 5) is 17.4. The van der Waals surface area contributed by atoms with Crippen molar-refractivity contribution in [2.75, 3.05) is 0 Å². The summed E-state index contributed by atoms with van der Waals surface area (Å²) in [5, 5.41) is 0. The first kappa shape index (κ1) is 14.1. The zero-order chi connectivity index (χ0) is 11.0. The van der Waals surface area contributed by atoms with Gasteiger partial charge in [0.15, 0.2) is 0 Å². The Kier molecular flexibility index (Phi) is 7.47. The molecule has 0 heterocycles. The molecule has 86 valence electrons. The predicted molar refractivity (Wildman–Crippen MR) is 58.0 cm³/mol. The molecule has 0 aliphatic carbocycles. The molecule has 0 fully saturated rings. The van der Waals surface area contributed by atoms with Gasteiger partial charge in [-0.05, 0) is 6.42 Å². The van der Waals surface area contributed by atoms with E-state index < -0.39 is 13.4 Å². The van der Waals surface area contributed by atoms with Crippen molar-refractivity contribution in [1.29, 1.82) is 0 Å². The van der Waals surface area contributed by atoms with Gasteiger partial charge in [-0.15, -0.1) is 0 Å². The monoisotopic (exact) mass is 223 g/mol. The third kappa shape index (κ3) is 7.51. The summed E-state index contributed by atoms with van der Waals surface area (Å²) in [6.07, 6.45) is 7.07. The van der Waals surface area contributed by atoms with E-state index in [4.69, 9.17) is 15.5 Å². The molecule has 0 bridgehead atoms. The molecule has 0 aliphatic rings. The van der Waals surface area contributed by atoms with Crippen molar-refractivity contribution >= 4 is 7.60 Å². The lowest BCUT2D eigenvalue weighted by Gasteiger charge is -2.12. The Balaban J connectivity index is 3.32. The van der Waals surface area contributed by atoms with Gasteiger partial charge >= 0.3 is 7.60 Å². The lowest BCUT2D eigenvalue weighted by Crippen LogP contribution is -2.19. The first-order chi connectivity index (χ1) is 6.48. The minimum absolute atomic E-state index is 0.427. The molecule has 5 heteroatoms. The van der Waals surface area contributed by atoms with Crippen LogP contribution in [-0.2, 0) is 4.57 Å². The minimum Gasteiger partial charge on any atom is -0.323 e. The van der Waals surface area contributed by atoms with Crippen LogP contribution in [0.4, 0.5) is 0 Å². The van der Waals surface area contributed by atoms with Crippen molar-refractivity contribution in [1.82, 2.24) is 0 Å². The zero-order valence-electron chi connectivity index (χ0n) is 8.85. The first-order valence-electron chi connectivity index (χ1n) is 5.29. The molecule has 0 saturated carbocycles. The SMILES string of the molecule is CCCCCCCCC(N)P(=O)(O)O. The molecule has 0 aromatic rings. The highest BCUT2D eigenvalue weighted by atomic mass is 31.2. The molecule has 4 N–H and O–H groups in total. The van der Waals surface area contributed by atoms with Gasteiger partial charge < -0.3 is 15.5 Å². The Labute approximate surface area is 86.1 Å². The summed E-state index contributed by atoms with van der Waals surface area (Å²) in [5.74, 6) is -0.964. The Morgan fingerprint density at radius 2 is 1.64 bits per heavy atom. The average molecular weight is 223 g/mol. The summed E-state index contributed by atoms with van der Waals surface area (Å²) in [6, 6.07) is 0. The van der Waals surface area contributed by atoms with E-state index in [0.717, 1.165) is 19.3 Å². The molecule has 4 nitrogen and oxygen atoms in total. The van der Waals surface area contributed by atoms with Crippen LogP contribution in [0.25, 0.3) is 0 Å². The fraction of sp³-hybridized carbons (Fsp3) is 1.00. The molecular weight excluding hydrogens is 201 g/mol. The normalized spacial score (nSPS) is 14.3. The maximum atomic E-state index is 10.7. The summed E-state index contributed by atoms with van der Waals surface area (Å²) in [5.41, 5.74) is 5.33. The topological polar surface area (TPSA) is 83.6 Å². The highest BCUT2D eigenvalue weighted by Gasteiger charge is 2.23. The molecule has 0 radical (unpaired) electrons. The molecule has 0 aromatic carbocycles. The highest BCUT2D eigenvalue weighted by Crippen LogP contribution is 2.40. The molecule has 0 aromatic heterocycles. The van der Waals surface area contributed by atoms with Crippen LogP contribution < -0.4 is 5.73 Å². The second kappa shape index (κ2) is 7.41. The van der Waals surface area contributed by atoms with Crippen molar-refractivity contribution in [3.8, 4) is 0 Å². The molecule has 1 atom stereocenters. The van der Waals surface area contributed by atoms with Gasteiger partial charge in [0.05, 0.1) is 0 Å². The second-order valence-electron chi connectivity index (χ2n) is 3.71. The van der Waals surface area contributed by atoms with Crippen LogP contribution in [0.15, 0.2) is 0 Å². The summed E-state index contributed by atoms with van der Waals surface area (Å²) in [6.45, 7) is 2.16. The van der Waals surface area contributed by atoms with E-state index >= 15 is 0 Å². The Morgan fingerprint density at radius 3 is 2.14 bits per heavy atom. The maximum Gasteiger partial charge on any atom is 0.342 e. The van der Waals surface area contributed by atoms with Crippen molar-refractivity contribution in [3.05, 3.63) is 0 Å². The summed E-state index contributed by atoms with van der Waals surface area (Å²) >= 11 is 0. The van der Waals surface area contributed by atoms with Crippen LogP contribution in [-0.4, -0.2) is 15.6 Å². The fourth-order valence-corrected chi connectivity index (χ4v) is 1.82. The number of hydrogen-bond acceptors (Lipinski definition) is 2. The number of unbranched alkanes of at least 4 members (excludes halogenated alkanes) is 5. The Bertz CT molecular complexity index is 181. The van der Waals surface area contributed by atoms with E-state index in [0.29, 0.717) is 6.42 Å². The second-order valence-corrected chi connectivity index (χ2v) is 5.55. The minimum atomic E-state index is -4.04. The summed E-state index contributed by atoms with van der Waals surface area (Å²) < 4.78 is 10.7. The molecule has 14 heavy (non-hydrogen) atoms. The van der Waals surface area contributed by atoms with Gasteiger partial charge in [-0.1, -0.05) is 45.4 Å². The molecular formula is C9H22NO3P. The van der Waals surface area contributed by atoms with Crippen LogP contribution in [0, 0.1) is 0 Å². The lowest BCUT2D eigenvalue weighted by atomic mass is 10.1. The smallest absolute Gasteiger partial charge is 0.323 e. The predicted octanol–water partition coefficient (Wildman–Crippen LogP) is 2.20. The number of hydrogen-bond donors (Lipinski definition) is 3. The van der Waals surface area contributed by atoms with E-state index in [9.17, 15) is 4.57 Å². The standard InChI is InChI=1S/C9H22NO3P/c1-2-3-4-5-6-7-8-9(10)14(11,12)13/h9H,2-8,10H2,1H3,(H2,11,12,13). The molecule has 1 unspecified atom stereocenters. The average Bonchev–Trinajstić information content (AvgIpc) is 2.09. The van der Waals surface area contributed by atoms with E-state index in [1.54, 1.807) is 0 Å². The highest BCUT2D eigenvalue weighted by molar-refractivity contribution is 7.52. The van der Waals surface area contributed by atoms with Crippen LogP contribution in [0.2, 0.25) is 0 Å². The third-order valence-electron chi connectivity index (χ3n) is 2.29. The quantitative estimate of drug-likeness (QED) is 0.435. The van der Waals surface area contributed by atoms with Crippen LogP contribution in [0.5, 0.6) is 0 Å². The van der Waals surface area contributed by atoms with Crippen molar-refractivity contribution < 1.29 is 14.4 Å². The Morgan fingerprint density at radius 1 is 1.14 bits per heavy atom. The van der Waals surface area contributed by atoms with Crippen LogP contribution in [0.1, 0.15) is 51.9 Å². The lowest BCUT2D eigenvalue weighted by molar-refractivity contribution is 0.353. The van der Waals surface area contributed by atoms with E-state index in [-0.39, 0.29) is 0 Å². The summed E-state index contributed by atoms with van der Waals surface area (Å²) in [7, 11) is -4.04. The molecule has 0 rings (SSSR count). The van der Waals surface area contributed by atoms with Gasteiger partial charge in [0, 0.05) is 0 Å². The molecule has 0 spiro atoms. The maximum absolute atomic E-state index is 10.7. The van der Waals surface area contributed by atoms with E-state index in [2.05, 4.69) is 6.92 Å². The molecule has 0 aliphatic heterocycles. The van der Waals surface area contributed by atoms with Gasteiger partial charge in [-0.3, -0.25) is 4.57 Å². The van der Waals surface area contributed by atoms with Crippen LogP contribution >= 0.6 is 7.60 Å². The van der Waals surface area contributed by atoms with Crippen molar-refractivity contribution in [2.45, 2.75) is 57.7 Å². The number of nitrogens with two attached hydrogens (primary N) is 1. The van der Waals surface area contributed by atoms with E-state index in [1.165, 1.54) is 19.3 Å². The largest absolute Gasteiger partial charge is 0.342 e. The van der Waals surface area contributed by atoms with Crippen molar-refractivity contribution in [3.63, 3.8) is 0 Å². The fourth-order valence-electron chi connectivity index (χ4n) is 1.30. The van der Waals surface area contributed by atoms with E-state index in [1.807, 2.05) is 0 Å². The third-order valence-corrected chi connectivity index (χ3v) is 3.41. The molecule has 0 saturated heterocycles. The zero-order valence-corrected chi connectivity index (χ0v) is 9.75. The van der Waals surface area contributed by atoms with Crippen LogP contribution in [0.3, 0.4) is 0 Å². The van der Waals surface area contributed by atoms with Gasteiger partial charge in [0.1, 0.15) is 5.78 Å². The van der Waals surface area contributed by atoms with Gasteiger partial charge in [0.25, 0.3) is 0 Å². The Hall–Kier alpha value is 0.110. The molecule has 0 amide bonds. The van der Waals surface area contributed by atoms with Gasteiger partial charge in [-0.25, -0.2) is 0 Å². The van der Waals surface area contributed by atoms with Gasteiger partial charge in [-0.2, -0.15) is 0 Å². The first-order valence-corrected chi connectivity index (χ1v) is 6.97.